The Morgan fingerprint density at radius 3 is 2.62 bits per heavy atom. The van der Waals surface area contributed by atoms with Crippen molar-refractivity contribution >= 4 is 47.0 Å². The minimum absolute atomic E-state index is 0.0210. The van der Waals surface area contributed by atoms with Crippen molar-refractivity contribution in [2.75, 3.05) is 13.2 Å². The maximum absolute atomic E-state index is 11.8. The molecule has 0 heterocycles. The van der Waals surface area contributed by atoms with E-state index in [2.05, 4.69) is 4.99 Å². The fourth-order valence-corrected chi connectivity index (χ4v) is 2.07. The molecule has 0 aliphatic carbocycles. The van der Waals surface area contributed by atoms with E-state index in [-0.39, 0.29) is 34.5 Å². The van der Waals surface area contributed by atoms with E-state index in [1.807, 2.05) is 6.92 Å². The number of aliphatic imine (C=N–C) groups is 1. The van der Waals surface area contributed by atoms with Gasteiger partial charge in [-0.15, -0.1) is 0 Å². The van der Waals surface area contributed by atoms with Gasteiger partial charge in [0, 0.05) is 11.2 Å². The Balaban J connectivity index is 3.07. The molecular weight excluding hydrogens is 355 g/mol. The van der Waals surface area contributed by atoms with Gasteiger partial charge in [-0.05, 0) is 25.5 Å². The molecule has 6 nitrogen and oxygen atoms in total. The lowest BCUT2D eigenvalue weighted by Gasteiger charge is -2.08. The maximum atomic E-state index is 11.8. The third-order valence-electron chi connectivity index (χ3n) is 2.72. The predicted molar refractivity (Wildman–Crippen MR) is 90.9 cm³/mol. The van der Waals surface area contributed by atoms with Crippen LogP contribution in [0.1, 0.15) is 30.6 Å². The summed E-state index contributed by atoms with van der Waals surface area (Å²) in [6, 6.07) is 4.55. The number of hydrogen-bond acceptors (Lipinski definition) is 6. The Labute approximate surface area is 150 Å². The fourth-order valence-electron chi connectivity index (χ4n) is 1.62. The number of esters is 2. The molecule has 0 aromatic heterocycles. The monoisotopic (exact) mass is 370 g/mol. The van der Waals surface area contributed by atoms with Crippen molar-refractivity contribution in [2.24, 2.45) is 10.9 Å². The van der Waals surface area contributed by atoms with E-state index in [1.54, 1.807) is 13.0 Å². The Hall–Kier alpha value is -2.10. The SMILES string of the molecule is CCCOC(=O)C(C#N)C=Nc1cc(Cl)cc(C(=O)OCC)c1Cl. The van der Waals surface area contributed by atoms with E-state index >= 15 is 0 Å². The molecule has 0 amide bonds. The molecular formula is C16H16Cl2N2O4. The van der Waals surface area contributed by atoms with Crippen molar-refractivity contribution in [2.45, 2.75) is 20.3 Å². The normalized spacial score (nSPS) is 11.8. The van der Waals surface area contributed by atoms with E-state index in [4.69, 9.17) is 37.9 Å². The first-order valence-corrected chi connectivity index (χ1v) is 7.96. The summed E-state index contributed by atoms with van der Waals surface area (Å²) in [6.45, 7) is 3.90. The average Bonchev–Trinajstić information content (AvgIpc) is 2.56. The van der Waals surface area contributed by atoms with Crippen LogP contribution < -0.4 is 0 Å². The summed E-state index contributed by atoms with van der Waals surface area (Å²) in [5.41, 5.74) is 0.205. The van der Waals surface area contributed by atoms with Gasteiger partial charge in [0.25, 0.3) is 0 Å². The number of nitriles is 1. The molecule has 0 aliphatic rings. The van der Waals surface area contributed by atoms with Gasteiger partial charge in [0.15, 0.2) is 5.92 Å². The molecule has 1 atom stereocenters. The number of halogens is 2. The van der Waals surface area contributed by atoms with Gasteiger partial charge in [-0.1, -0.05) is 30.1 Å². The number of ether oxygens (including phenoxy) is 2. The molecule has 1 unspecified atom stereocenters. The van der Waals surface area contributed by atoms with Crippen LogP contribution in [0.4, 0.5) is 5.69 Å². The van der Waals surface area contributed by atoms with Crippen LogP contribution in [0.25, 0.3) is 0 Å². The molecule has 0 bridgehead atoms. The highest BCUT2D eigenvalue weighted by atomic mass is 35.5. The Kier molecular flexibility index (Phi) is 8.24. The van der Waals surface area contributed by atoms with Gasteiger partial charge in [0.05, 0.1) is 35.6 Å². The van der Waals surface area contributed by atoms with E-state index in [0.717, 1.165) is 6.21 Å². The number of hydrogen-bond donors (Lipinski definition) is 0. The number of carbonyl (C=O) groups is 2. The highest BCUT2D eigenvalue weighted by Gasteiger charge is 2.19. The zero-order valence-electron chi connectivity index (χ0n) is 13.2. The van der Waals surface area contributed by atoms with Gasteiger partial charge in [0.2, 0.25) is 0 Å². The van der Waals surface area contributed by atoms with Crippen molar-refractivity contribution in [1.29, 1.82) is 5.26 Å². The molecule has 0 fully saturated rings. The summed E-state index contributed by atoms with van der Waals surface area (Å²) in [6.07, 6.45) is 1.74. The highest BCUT2D eigenvalue weighted by molar-refractivity contribution is 6.38. The smallest absolute Gasteiger partial charge is 0.339 e. The van der Waals surface area contributed by atoms with Crippen LogP contribution in [-0.2, 0) is 14.3 Å². The first-order valence-electron chi connectivity index (χ1n) is 7.21. The Morgan fingerprint density at radius 1 is 1.33 bits per heavy atom. The largest absolute Gasteiger partial charge is 0.464 e. The van der Waals surface area contributed by atoms with Crippen LogP contribution in [0.2, 0.25) is 10.0 Å². The summed E-state index contributed by atoms with van der Waals surface area (Å²) in [4.78, 5) is 27.5. The lowest BCUT2D eigenvalue weighted by Crippen LogP contribution is -2.17. The lowest BCUT2D eigenvalue weighted by atomic mass is 10.2. The van der Waals surface area contributed by atoms with E-state index in [9.17, 15) is 9.59 Å². The minimum Gasteiger partial charge on any atom is -0.464 e. The van der Waals surface area contributed by atoms with Crippen molar-refractivity contribution < 1.29 is 19.1 Å². The molecule has 0 radical (unpaired) electrons. The molecule has 0 aliphatic heterocycles. The van der Waals surface area contributed by atoms with Crippen molar-refractivity contribution in [3.63, 3.8) is 0 Å². The number of benzene rings is 1. The lowest BCUT2D eigenvalue weighted by molar-refractivity contribution is -0.144. The topological polar surface area (TPSA) is 88.8 Å². The minimum atomic E-state index is -1.18. The van der Waals surface area contributed by atoms with Crippen LogP contribution >= 0.6 is 23.2 Å². The standard InChI is InChI=1S/C16H16Cl2N2O4/c1-3-5-24-15(21)10(8-19)9-20-13-7-11(17)6-12(14(13)18)16(22)23-4-2/h6-7,9-10H,3-5H2,1-2H3. The van der Waals surface area contributed by atoms with Crippen molar-refractivity contribution in [1.82, 2.24) is 0 Å². The van der Waals surface area contributed by atoms with Gasteiger partial charge in [-0.2, -0.15) is 5.26 Å². The van der Waals surface area contributed by atoms with Crippen LogP contribution in [0, 0.1) is 17.2 Å². The molecule has 128 valence electrons. The molecule has 0 spiro atoms. The molecule has 0 saturated carbocycles. The molecule has 0 N–H and O–H groups in total. The average molecular weight is 371 g/mol. The van der Waals surface area contributed by atoms with Crippen molar-refractivity contribution in [3.8, 4) is 6.07 Å². The number of nitrogens with zero attached hydrogens (tertiary/aromatic N) is 2. The van der Waals surface area contributed by atoms with Crippen LogP contribution in [-0.4, -0.2) is 31.4 Å². The molecule has 24 heavy (non-hydrogen) atoms. The van der Waals surface area contributed by atoms with Gasteiger partial charge in [0.1, 0.15) is 0 Å². The number of rotatable bonds is 7. The van der Waals surface area contributed by atoms with Crippen LogP contribution in [0.3, 0.4) is 0 Å². The van der Waals surface area contributed by atoms with Gasteiger partial charge in [-0.3, -0.25) is 9.79 Å². The fraction of sp³-hybridized carbons (Fsp3) is 0.375. The molecule has 8 heteroatoms. The quantitative estimate of drug-likeness (QED) is 0.535. The Morgan fingerprint density at radius 2 is 2.04 bits per heavy atom. The van der Waals surface area contributed by atoms with Gasteiger partial charge < -0.3 is 9.47 Å². The van der Waals surface area contributed by atoms with Gasteiger partial charge >= 0.3 is 11.9 Å². The summed E-state index contributed by atoms with van der Waals surface area (Å²) in [7, 11) is 0. The van der Waals surface area contributed by atoms with E-state index < -0.39 is 17.9 Å². The molecule has 1 rings (SSSR count). The summed E-state index contributed by atoms with van der Waals surface area (Å²) in [5.74, 6) is -2.52. The third kappa shape index (κ3) is 5.52. The highest BCUT2D eigenvalue weighted by Crippen LogP contribution is 2.32. The van der Waals surface area contributed by atoms with E-state index in [0.29, 0.717) is 6.42 Å². The summed E-state index contributed by atoms with van der Waals surface area (Å²) >= 11 is 12.1. The summed E-state index contributed by atoms with van der Waals surface area (Å²) in [5, 5.41) is 9.28. The summed E-state index contributed by atoms with van der Waals surface area (Å²) < 4.78 is 9.78. The predicted octanol–water partition coefficient (Wildman–Crippen LogP) is 3.97. The Bertz CT molecular complexity index is 683. The van der Waals surface area contributed by atoms with Crippen molar-refractivity contribution in [3.05, 3.63) is 27.7 Å². The molecule has 0 saturated heterocycles. The zero-order chi connectivity index (χ0) is 18.1. The first kappa shape index (κ1) is 19.9. The van der Waals surface area contributed by atoms with Crippen LogP contribution in [0.5, 0.6) is 0 Å². The second-order valence-electron chi connectivity index (χ2n) is 4.56. The number of carbonyl (C=O) groups excluding carboxylic acids is 2. The zero-order valence-corrected chi connectivity index (χ0v) is 14.7. The van der Waals surface area contributed by atoms with Gasteiger partial charge in [-0.25, -0.2) is 4.79 Å². The second-order valence-corrected chi connectivity index (χ2v) is 5.37. The molecule has 1 aromatic rings. The maximum Gasteiger partial charge on any atom is 0.339 e. The van der Waals surface area contributed by atoms with Crippen LogP contribution in [0.15, 0.2) is 17.1 Å². The third-order valence-corrected chi connectivity index (χ3v) is 3.33. The van der Waals surface area contributed by atoms with E-state index in [1.165, 1.54) is 12.1 Å². The second kappa shape index (κ2) is 9.91. The first-order chi connectivity index (χ1) is 11.4. The molecule has 1 aromatic carbocycles.